The number of nitrogens with two attached hydrogens (primary N) is 1. The fraction of sp³-hybridized carbons (Fsp3) is 0.800. The second-order valence-corrected chi connectivity index (χ2v) is 4.60. The normalized spacial score (nSPS) is 12.1. The number of aliphatic hydroxyl groups is 1. The van der Waals surface area contributed by atoms with Gasteiger partial charge in [0, 0.05) is 25.7 Å². The van der Waals surface area contributed by atoms with Crippen molar-refractivity contribution in [2.75, 3.05) is 13.7 Å². The van der Waals surface area contributed by atoms with E-state index >= 15 is 0 Å². The molecule has 3 N–H and O–H groups in total. The monoisotopic (exact) mass is 228 g/mol. The Labute approximate surface area is 95.4 Å². The van der Waals surface area contributed by atoms with Crippen LogP contribution in [0.5, 0.6) is 0 Å². The van der Waals surface area contributed by atoms with Gasteiger partial charge in [-0.1, -0.05) is 19.1 Å². The third-order valence-electron chi connectivity index (χ3n) is 2.40. The molecular formula is C10H20N4O2. The van der Waals surface area contributed by atoms with Gasteiger partial charge in [0.15, 0.2) is 0 Å². The number of nitrogens with zero attached hydrogens (tertiary/aromatic N) is 3. The molecule has 0 radical (unpaired) electrons. The Morgan fingerprint density at radius 2 is 2.19 bits per heavy atom. The summed E-state index contributed by atoms with van der Waals surface area (Å²) in [5, 5.41) is 17.3. The van der Waals surface area contributed by atoms with E-state index in [9.17, 15) is 5.11 Å². The first-order chi connectivity index (χ1) is 7.54. The van der Waals surface area contributed by atoms with Gasteiger partial charge in [-0.2, -0.15) is 0 Å². The Balaban J connectivity index is 2.91. The largest absolute Gasteiger partial charge is 0.396 e. The summed E-state index contributed by atoms with van der Waals surface area (Å²) in [5.41, 5.74) is 6.96. The van der Waals surface area contributed by atoms with Crippen LogP contribution < -0.4 is 5.73 Å². The quantitative estimate of drug-likeness (QED) is 0.710. The van der Waals surface area contributed by atoms with Crippen molar-refractivity contribution in [1.82, 2.24) is 15.0 Å². The van der Waals surface area contributed by atoms with E-state index in [0.717, 1.165) is 11.4 Å². The SMILES string of the molecule is COCc1c(CN)nnn1CC(C)(C)CO. The first-order valence-electron chi connectivity index (χ1n) is 5.25. The predicted molar refractivity (Wildman–Crippen MR) is 59.5 cm³/mol. The zero-order chi connectivity index (χ0) is 12.2. The summed E-state index contributed by atoms with van der Waals surface area (Å²) in [6.07, 6.45) is 0. The molecule has 1 aromatic rings. The van der Waals surface area contributed by atoms with Gasteiger partial charge in [0.2, 0.25) is 0 Å². The van der Waals surface area contributed by atoms with Gasteiger partial charge in [-0.15, -0.1) is 5.10 Å². The molecule has 1 rings (SSSR count). The summed E-state index contributed by atoms with van der Waals surface area (Å²) in [5.74, 6) is 0. The lowest BCUT2D eigenvalue weighted by Gasteiger charge is -2.22. The molecule has 92 valence electrons. The van der Waals surface area contributed by atoms with Gasteiger partial charge in [0.25, 0.3) is 0 Å². The number of hydrogen-bond donors (Lipinski definition) is 2. The van der Waals surface area contributed by atoms with Crippen molar-refractivity contribution in [2.24, 2.45) is 11.1 Å². The Hall–Kier alpha value is -0.980. The molecule has 0 atom stereocenters. The molecule has 6 heteroatoms. The van der Waals surface area contributed by atoms with E-state index in [2.05, 4.69) is 10.3 Å². The summed E-state index contributed by atoms with van der Waals surface area (Å²) >= 11 is 0. The lowest BCUT2D eigenvalue weighted by Crippen LogP contribution is -2.26. The lowest BCUT2D eigenvalue weighted by atomic mass is 9.95. The predicted octanol–water partition coefficient (Wildman–Crippen LogP) is -0.0983. The highest BCUT2D eigenvalue weighted by Gasteiger charge is 2.21. The number of aliphatic hydroxyl groups excluding tert-OH is 1. The van der Waals surface area contributed by atoms with Gasteiger partial charge in [-0.05, 0) is 0 Å². The van der Waals surface area contributed by atoms with Crippen molar-refractivity contribution >= 4 is 0 Å². The van der Waals surface area contributed by atoms with Gasteiger partial charge in [0.05, 0.1) is 18.8 Å². The fourth-order valence-corrected chi connectivity index (χ4v) is 1.40. The molecule has 0 spiro atoms. The van der Waals surface area contributed by atoms with Crippen molar-refractivity contribution in [3.8, 4) is 0 Å². The molecule has 6 nitrogen and oxygen atoms in total. The molecule has 16 heavy (non-hydrogen) atoms. The van der Waals surface area contributed by atoms with Gasteiger partial charge in [0.1, 0.15) is 5.69 Å². The summed E-state index contributed by atoms with van der Waals surface area (Å²) in [6.45, 7) is 5.40. The Bertz CT molecular complexity index is 336. The zero-order valence-corrected chi connectivity index (χ0v) is 10.1. The maximum atomic E-state index is 9.22. The van der Waals surface area contributed by atoms with E-state index in [0.29, 0.717) is 19.7 Å². The van der Waals surface area contributed by atoms with Gasteiger partial charge in [-0.3, -0.25) is 0 Å². The molecule has 0 amide bonds. The molecule has 0 fully saturated rings. The van der Waals surface area contributed by atoms with Crippen molar-refractivity contribution in [3.63, 3.8) is 0 Å². The van der Waals surface area contributed by atoms with Crippen LogP contribution >= 0.6 is 0 Å². The summed E-state index contributed by atoms with van der Waals surface area (Å²) in [6, 6.07) is 0. The Morgan fingerprint density at radius 3 is 2.69 bits per heavy atom. The fourth-order valence-electron chi connectivity index (χ4n) is 1.40. The van der Waals surface area contributed by atoms with Gasteiger partial charge >= 0.3 is 0 Å². The minimum Gasteiger partial charge on any atom is -0.396 e. The number of hydrogen-bond acceptors (Lipinski definition) is 5. The molecule has 0 saturated heterocycles. The molecule has 1 heterocycles. The highest BCUT2D eigenvalue weighted by molar-refractivity contribution is 5.09. The molecule has 0 aromatic carbocycles. The van der Waals surface area contributed by atoms with Crippen LogP contribution in [0.2, 0.25) is 0 Å². The first-order valence-corrected chi connectivity index (χ1v) is 5.25. The van der Waals surface area contributed by atoms with Crippen molar-refractivity contribution in [3.05, 3.63) is 11.4 Å². The number of methoxy groups -OCH3 is 1. The van der Waals surface area contributed by atoms with E-state index in [-0.39, 0.29) is 12.0 Å². The molecule has 0 aliphatic heterocycles. The minimum atomic E-state index is -0.234. The van der Waals surface area contributed by atoms with Crippen LogP contribution in [0.1, 0.15) is 25.2 Å². The first kappa shape index (κ1) is 13.1. The highest BCUT2D eigenvalue weighted by Crippen LogP contribution is 2.18. The van der Waals surface area contributed by atoms with Crippen LogP contribution in [-0.4, -0.2) is 33.8 Å². The average Bonchev–Trinajstić information content (AvgIpc) is 2.61. The molecule has 0 aliphatic carbocycles. The van der Waals surface area contributed by atoms with Crippen molar-refractivity contribution in [1.29, 1.82) is 0 Å². The van der Waals surface area contributed by atoms with Crippen LogP contribution in [0.4, 0.5) is 0 Å². The van der Waals surface area contributed by atoms with Crippen LogP contribution in [0.3, 0.4) is 0 Å². The van der Waals surface area contributed by atoms with Gasteiger partial charge < -0.3 is 15.6 Å². The Morgan fingerprint density at radius 1 is 1.50 bits per heavy atom. The van der Waals surface area contributed by atoms with Crippen LogP contribution in [0.15, 0.2) is 0 Å². The second kappa shape index (κ2) is 5.38. The topological polar surface area (TPSA) is 86.2 Å². The number of rotatable bonds is 6. The molecule has 0 bridgehead atoms. The number of ether oxygens (including phenoxy) is 1. The van der Waals surface area contributed by atoms with Crippen LogP contribution in [0, 0.1) is 5.41 Å². The van der Waals surface area contributed by atoms with E-state index in [4.69, 9.17) is 10.5 Å². The molecule has 0 unspecified atom stereocenters. The van der Waals surface area contributed by atoms with E-state index in [1.165, 1.54) is 0 Å². The number of aromatic nitrogens is 3. The second-order valence-electron chi connectivity index (χ2n) is 4.60. The third-order valence-corrected chi connectivity index (χ3v) is 2.40. The summed E-state index contributed by atoms with van der Waals surface area (Å²) < 4.78 is 6.85. The molecule has 1 aromatic heterocycles. The molecule has 0 saturated carbocycles. The maximum absolute atomic E-state index is 9.22. The smallest absolute Gasteiger partial charge is 0.102 e. The maximum Gasteiger partial charge on any atom is 0.102 e. The van der Waals surface area contributed by atoms with E-state index in [1.807, 2.05) is 13.8 Å². The van der Waals surface area contributed by atoms with E-state index < -0.39 is 0 Å². The molecular weight excluding hydrogens is 208 g/mol. The standard InChI is InChI=1S/C10H20N4O2/c1-10(2,7-15)6-14-9(5-16-3)8(4-11)12-13-14/h15H,4-7,11H2,1-3H3. The van der Waals surface area contributed by atoms with Crippen molar-refractivity contribution < 1.29 is 9.84 Å². The highest BCUT2D eigenvalue weighted by atomic mass is 16.5. The summed E-state index contributed by atoms with van der Waals surface area (Å²) in [7, 11) is 1.62. The third kappa shape index (κ3) is 3.01. The van der Waals surface area contributed by atoms with Crippen LogP contribution in [0.25, 0.3) is 0 Å². The lowest BCUT2D eigenvalue weighted by molar-refractivity contribution is 0.127. The average molecular weight is 228 g/mol. The molecule has 0 aliphatic rings. The van der Waals surface area contributed by atoms with Crippen LogP contribution in [-0.2, 0) is 24.4 Å². The minimum absolute atomic E-state index is 0.0945. The van der Waals surface area contributed by atoms with Gasteiger partial charge in [-0.25, -0.2) is 4.68 Å². The zero-order valence-electron chi connectivity index (χ0n) is 10.1. The Kier molecular flexibility index (Phi) is 4.40. The van der Waals surface area contributed by atoms with E-state index in [1.54, 1.807) is 11.8 Å². The summed E-state index contributed by atoms with van der Waals surface area (Å²) in [4.78, 5) is 0. The van der Waals surface area contributed by atoms with Crippen molar-refractivity contribution in [2.45, 2.75) is 33.5 Å².